The predicted molar refractivity (Wildman–Crippen MR) is 74.8 cm³/mol. The van der Waals surface area contributed by atoms with Crippen molar-refractivity contribution in [1.29, 1.82) is 0 Å². The molecule has 0 heterocycles. The van der Waals surface area contributed by atoms with E-state index in [0.717, 1.165) is 0 Å². The third-order valence-corrected chi connectivity index (χ3v) is 3.35. The standard InChI is InChI=1S/C12H15BrN2O4/c1-8-4-3-5-10(15(17)18)11(8)12(16)14-9(6-13)7-19-2/h3-5,9H,6-7H2,1-2H3,(H,14,16). The van der Waals surface area contributed by atoms with E-state index in [1.54, 1.807) is 19.1 Å². The fraction of sp³-hybridized carbons (Fsp3) is 0.417. The topological polar surface area (TPSA) is 81.5 Å². The lowest BCUT2D eigenvalue weighted by molar-refractivity contribution is -0.385. The van der Waals surface area contributed by atoms with Gasteiger partial charge < -0.3 is 10.1 Å². The van der Waals surface area contributed by atoms with Gasteiger partial charge in [-0.3, -0.25) is 14.9 Å². The van der Waals surface area contributed by atoms with Gasteiger partial charge in [-0.25, -0.2) is 0 Å². The first-order chi connectivity index (χ1) is 9.01. The molecule has 0 aliphatic carbocycles. The Labute approximate surface area is 119 Å². The van der Waals surface area contributed by atoms with Crippen molar-refractivity contribution in [1.82, 2.24) is 5.32 Å². The maximum absolute atomic E-state index is 12.1. The molecule has 0 bridgehead atoms. The van der Waals surface area contributed by atoms with Crippen LogP contribution in [-0.4, -0.2) is 35.9 Å². The molecule has 7 heteroatoms. The zero-order valence-electron chi connectivity index (χ0n) is 10.7. The smallest absolute Gasteiger partial charge is 0.282 e. The van der Waals surface area contributed by atoms with Gasteiger partial charge in [-0.05, 0) is 12.5 Å². The van der Waals surface area contributed by atoms with Crippen LogP contribution in [0.3, 0.4) is 0 Å². The van der Waals surface area contributed by atoms with Crippen LogP contribution in [0.1, 0.15) is 15.9 Å². The fourth-order valence-corrected chi connectivity index (χ4v) is 2.03. The van der Waals surface area contributed by atoms with Crippen molar-refractivity contribution in [2.75, 3.05) is 19.0 Å². The lowest BCUT2D eigenvalue weighted by atomic mass is 10.1. The van der Waals surface area contributed by atoms with E-state index in [9.17, 15) is 14.9 Å². The molecule has 0 aliphatic heterocycles. The number of rotatable bonds is 6. The lowest BCUT2D eigenvalue weighted by Crippen LogP contribution is -2.39. The van der Waals surface area contributed by atoms with Gasteiger partial charge in [0.2, 0.25) is 0 Å². The van der Waals surface area contributed by atoms with Gasteiger partial charge in [0.05, 0.1) is 17.6 Å². The van der Waals surface area contributed by atoms with Crippen molar-refractivity contribution in [3.05, 3.63) is 39.4 Å². The summed E-state index contributed by atoms with van der Waals surface area (Å²) in [4.78, 5) is 22.5. The second kappa shape index (κ2) is 7.20. The molecule has 0 aromatic heterocycles. The summed E-state index contributed by atoms with van der Waals surface area (Å²) < 4.78 is 4.96. The summed E-state index contributed by atoms with van der Waals surface area (Å²) in [5.41, 5.74) is 0.468. The number of amides is 1. The van der Waals surface area contributed by atoms with Crippen molar-refractivity contribution in [2.45, 2.75) is 13.0 Å². The van der Waals surface area contributed by atoms with Crippen LogP contribution in [0.4, 0.5) is 5.69 Å². The van der Waals surface area contributed by atoms with Crippen LogP contribution in [0.25, 0.3) is 0 Å². The molecule has 0 fully saturated rings. The van der Waals surface area contributed by atoms with Gasteiger partial charge >= 0.3 is 0 Å². The third-order valence-electron chi connectivity index (χ3n) is 2.56. The van der Waals surface area contributed by atoms with E-state index >= 15 is 0 Å². The number of aryl methyl sites for hydroxylation is 1. The highest BCUT2D eigenvalue weighted by molar-refractivity contribution is 9.09. The van der Waals surface area contributed by atoms with E-state index in [-0.39, 0.29) is 17.3 Å². The second-order valence-electron chi connectivity index (χ2n) is 4.01. The maximum atomic E-state index is 12.1. The molecule has 1 rings (SSSR count). The molecule has 104 valence electrons. The van der Waals surface area contributed by atoms with Crippen LogP contribution in [0.2, 0.25) is 0 Å². The molecule has 1 N–H and O–H groups in total. The fourth-order valence-electron chi connectivity index (χ4n) is 1.68. The first-order valence-electron chi connectivity index (χ1n) is 5.61. The molecule has 19 heavy (non-hydrogen) atoms. The average Bonchev–Trinajstić information content (AvgIpc) is 2.37. The molecule has 0 saturated carbocycles. The molecular weight excluding hydrogens is 316 g/mol. The molecule has 0 spiro atoms. The molecule has 1 unspecified atom stereocenters. The molecular formula is C12H15BrN2O4. The summed E-state index contributed by atoms with van der Waals surface area (Å²) in [6.07, 6.45) is 0. The predicted octanol–water partition coefficient (Wildman–Crippen LogP) is 2.04. The van der Waals surface area contributed by atoms with Crippen LogP contribution in [0.5, 0.6) is 0 Å². The van der Waals surface area contributed by atoms with Gasteiger partial charge in [-0.2, -0.15) is 0 Å². The number of nitrogens with one attached hydrogen (secondary N) is 1. The summed E-state index contributed by atoms with van der Waals surface area (Å²) in [7, 11) is 1.53. The Bertz CT molecular complexity index is 479. The van der Waals surface area contributed by atoms with Gasteiger partial charge in [0.25, 0.3) is 11.6 Å². The van der Waals surface area contributed by atoms with E-state index < -0.39 is 10.8 Å². The number of carbonyl (C=O) groups is 1. The van der Waals surface area contributed by atoms with Crippen LogP contribution in [0, 0.1) is 17.0 Å². The lowest BCUT2D eigenvalue weighted by Gasteiger charge is -2.16. The van der Waals surface area contributed by atoms with Crippen LogP contribution in [0.15, 0.2) is 18.2 Å². The van der Waals surface area contributed by atoms with E-state index in [1.165, 1.54) is 13.2 Å². The number of alkyl halides is 1. The zero-order valence-corrected chi connectivity index (χ0v) is 12.3. The number of hydrogen-bond donors (Lipinski definition) is 1. The number of ether oxygens (including phenoxy) is 1. The highest BCUT2D eigenvalue weighted by Gasteiger charge is 2.23. The van der Waals surface area contributed by atoms with Gasteiger partial charge in [-0.1, -0.05) is 28.1 Å². The number of nitro groups is 1. The van der Waals surface area contributed by atoms with Crippen LogP contribution >= 0.6 is 15.9 Å². The van der Waals surface area contributed by atoms with Crippen molar-refractivity contribution in [3.63, 3.8) is 0 Å². The Morgan fingerprint density at radius 1 is 1.58 bits per heavy atom. The molecule has 0 aliphatic rings. The Morgan fingerprint density at radius 3 is 2.79 bits per heavy atom. The summed E-state index contributed by atoms with van der Waals surface area (Å²) in [5.74, 6) is -0.466. The average molecular weight is 331 g/mol. The van der Waals surface area contributed by atoms with Crippen LogP contribution in [-0.2, 0) is 4.74 Å². The Kier molecular flexibility index (Phi) is 5.91. The highest BCUT2D eigenvalue weighted by Crippen LogP contribution is 2.21. The number of benzene rings is 1. The quantitative estimate of drug-likeness (QED) is 0.491. The number of nitrogens with zero attached hydrogens (tertiary/aromatic N) is 1. The molecule has 1 aromatic rings. The van der Waals surface area contributed by atoms with Gasteiger partial charge in [-0.15, -0.1) is 0 Å². The molecule has 0 saturated heterocycles. The third kappa shape index (κ3) is 4.00. The first kappa shape index (κ1) is 15.6. The molecule has 1 atom stereocenters. The highest BCUT2D eigenvalue weighted by atomic mass is 79.9. The largest absolute Gasteiger partial charge is 0.383 e. The summed E-state index contributed by atoms with van der Waals surface area (Å²) >= 11 is 3.26. The summed E-state index contributed by atoms with van der Waals surface area (Å²) in [6, 6.07) is 4.31. The molecule has 0 radical (unpaired) electrons. The van der Waals surface area contributed by atoms with Crippen molar-refractivity contribution >= 4 is 27.5 Å². The van der Waals surface area contributed by atoms with Crippen molar-refractivity contribution in [3.8, 4) is 0 Å². The molecule has 1 aromatic carbocycles. The van der Waals surface area contributed by atoms with E-state index in [1.807, 2.05) is 0 Å². The monoisotopic (exact) mass is 330 g/mol. The number of halogens is 1. The van der Waals surface area contributed by atoms with Gasteiger partial charge in [0.15, 0.2) is 0 Å². The number of methoxy groups -OCH3 is 1. The Balaban J connectivity index is 3.02. The Hall–Kier alpha value is -1.47. The normalized spacial score (nSPS) is 11.9. The number of nitro benzene ring substituents is 1. The minimum Gasteiger partial charge on any atom is -0.383 e. The SMILES string of the molecule is COCC(CBr)NC(=O)c1c(C)cccc1[N+](=O)[O-]. The van der Waals surface area contributed by atoms with E-state index in [2.05, 4.69) is 21.2 Å². The molecule has 6 nitrogen and oxygen atoms in total. The zero-order chi connectivity index (χ0) is 14.4. The van der Waals surface area contributed by atoms with E-state index in [0.29, 0.717) is 17.5 Å². The Morgan fingerprint density at radius 2 is 2.26 bits per heavy atom. The number of carbonyl (C=O) groups excluding carboxylic acids is 1. The minimum absolute atomic E-state index is 0.0922. The molecule has 1 amide bonds. The van der Waals surface area contributed by atoms with Gasteiger partial charge in [0.1, 0.15) is 5.56 Å². The van der Waals surface area contributed by atoms with E-state index in [4.69, 9.17) is 4.74 Å². The van der Waals surface area contributed by atoms with Crippen LogP contribution < -0.4 is 5.32 Å². The maximum Gasteiger partial charge on any atom is 0.282 e. The first-order valence-corrected chi connectivity index (χ1v) is 6.73. The number of hydrogen-bond acceptors (Lipinski definition) is 4. The summed E-state index contributed by atoms with van der Waals surface area (Å²) in [5, 5.41) is 14.2. The summed E-state index contributed by atoms with van der Waals surface area (Å²) in [6.45, 7) is 2.00. The van der Waals surface area contributed by atoms with Crippen molar-refractivity contribution in [2.24, 2.45) is 0 Å². The van der Waals surface area contributed by atoms with Crippen molar-refractivity contribution < 1.29 is 14.5 Å². The minimum atomic E-state index is -0.554. The second-order valence-corrected chi connectivity index (χ2v) is 4.65. The van der Waals surface area contributed by atoms with Gasteiger partial charge in [0, 0.05) is 18.5 Å².